The smallest absolute Gasteiger partial charge is 0.336 e. The van der Waals surface area contributed by atoms with Crippen LogP contribution in [0.2, 0.25) is 0 Å². The van der Waals surface area contributed by atoms with E-state index in [4.69, 9.17) is 9.26 Å². The zero-order valence-corrected chi connectivity index (χ0v) is 20.0. The van der Waals surface area contributed by atoms with Gasteiger partial charge >= 0.3 is 5.69 Å². The highest BCUT2D eigenvalue weighted by atomic mass is 35.5. The van der Waals surface area contributed by atoms with Crippen molar-refractivity contribution in [1.29, 1.82) is 0 Å². The first kappa shape index (κ1) is 25.6. The molecule has 12 heteroatoms. The maximum absolute atomic E-state index is 13.9. The second kappa shape index (κ2) is 11.0. The van der Waals surface area contributed by atoms with Crippen molar-refractivity contribution < 1.29 is 13.7 Å². The molecule has 2 aliphatic rings. The summed E-state index contributed by atoms with van der Waals surface area (Å²) in [6, 6.07) is 4.29. The predicted molar refractivity (Wildman–Crippen MR) is 127 cm³/mol. The molecule has 9 nitrogen and oxygen atoms in total. The van der Waals surface area contributed by atoms with Crippen molar-refractivity contribution in [2.75, 3.05) is 39.3 Å². The Balaban J connectivity index is 0.00000153. The van der Waals surface area contributed by atoms with Gasteiger partial charge in [-0.05, 0) is 50.1 Å². The number of nitrogens with zero attached hydrogens (tertiary/aromatic N) is 5. The minimum absolute atomic E-state index is 0. The van der Waals surface area contributed by atoms with E-state index >= 15 is 0 Å². The van der Waals surface area contributed by atoms with Gasteiger partial charge < -0.3 is 19.5 Å². The fourth-order valence-electron chi connectivity index (χ4n) is 4.60. The number of hydrogen-bond acceptors (Lipinski definition) is 7. The minimum atomic E-state index is -0.414. The van der Waals surface area contributed by atoms with Gasteiger partial charge in [0.05, 0.1) is 23.7 Å². The largest absolute Gasteiger partial charge is 0.374 e. The van der Waals surface area contributed by atoms with E-state index in [2.05, 4.69) is 20.4 Å². The predicted octanol–water partition coefficient (Wildman–Crippen LogP) is 2.35. The summed E-state index contributed by atoms with van der Waals surface area (Å²) in [4.78, 5) is 19.8. The zero-order valence-electron chi connectivity index (χ0n) is 18.4. The normalized spacial score (nSPS) is 19.9. The molecule has 0 spiro atoms. The lowest BCUT2D eigenvalue weighted by Gasteiger charge is -2.34. The molecule has 0 aliphatic carbocycles. The standard InChI is InChI=1S/C21H27FN6O3.2ClH/c1-2-27-17-4-3-15(22)11-18(17)28(21(27)29)20-24-19(31-25-20)14-5-8-26(9-6-14)13-16-12-23-7-10-30-16;;/h3-4,11,14,16,23H,2,5-10,12-13H2,1H3;2*1H. The van der Waals surface area contributed by atoms with Crippen LogP contribution in [0, 0.1) is 5.82 Å². The second-order valence-corrected chi connectivity index (χ2v) is 8.20. The topological polar surface area (TPSA) is 90.4 Å². The van der Waals surface area contributed by atoms with Crippen molar-refractivity contribution in [3.05, 3.63) is 40.4 Å². The number of imidazole rings is 1. The van der Waals surface area contributed by atoms with Gasteiger partial charge in [-0.15, -0.1) is 24.8 Å². The maximum atomic E-state index is 13.9. The first-order valence-corrected chi connectivity index (χ1v) is 10.9. The number of hydrogen-bond donors (Lipinski definition) is 1. The number of aryl methyl sites for hydroxylation is 1. The molecular formula is C21H29Cl2FN6O3. The molecule has 182 valence electrons. The molecule has 1 aromatic carbocycles. The van der Waals surface area contributed by atoms with Gasteiger partial charge in [0, 0.05) is 38.2 Å². The molecule has 2 aromatic heterocycles. The highest BCUT2D eigenvalue weighted by molar-refractivity contribution is 5.85. The van der Waals surface area contributed by atoms with Gasteiger partial charge in [-0.1, -0.05) is 0 Å². The molecular weight excluding hydrogens is 474 g/mol. The van der Waals surface area contributed by atoms with Gasteiger partial charge in [-0.3, -0.25) is 4.57 Å². The monoisotopic (exact) mass is 502 g/mol. The third kappa shape index (κ3) is 5.09. The number of nitrogens with one attached hydrogen (secondary N) is 1. The highest BCUT2D eigenvalue weighted by Gasteiger charge is 2.28. The molecule has 2 saturated heterocycles. The van der Waals surface area contributed by atoms with Gasteiger partial charge in [0.15, 0.2) is 0 Å². The number of rotatable bonds is 5. The average molecular weight is 503 g/mol. The summed E-state index contributed by atoms with van der Waals surface area (Å²) in [5.74, 6) is 0.426. The van der Waals surface area contributed by atoms with Gasteiger partial charge in [0.2, 0.25) is 5.89 Å². The van der Waals surface area contributed by atoms with Crippen LogP contribution >= 0.6 is 24.8 Å². The number of morpholine rings is 1. The Kier molecular flexibility index (Phi) is 8.52. The fraction of sp³-hybridized carbons (Fsp3) is 0.571. The highest BCUT2D eigenvalue weighted by Crippen LogP contribution is 2.28. The van der Waals surface area contributed by atoms with Crippen LogP contribution in [0.1, 0.15) is 31.6 Å². The van der Waals surface area contributed by atoms with Crippen LogP contribution in [0.25, 0.3) is 17.0 Å². The first-order valence-electron chi connectivity index (χ1n) is 10.9. The van der Waals surface area contributed by atoms with Crippen LogP contribution < -0.4 is 11.0 Å². The van der Waals surface area contributed by atoms with Crippen molar-refractivity contribution >= 4 is 35.8 Å². The van der Waals surface area contributed by atoms with Crippen LogP contribution in [0.3, 0.4) is 0 Å². The van der Waals surface area contributed by atoms with E-state index < -0.39 is 5.82 Å². The van der Waals surface area contributed by atoms with Gasteiger partial charge in [0.1, 0.15) is 5.82 Å². The molecule has 3 aromatic rings. The quantitative estimate of drug-likeness (QED) is 0.572. The lowest BCUT2D eigenvalue weighted by Crippen LogP contribution is -2.47. The van der Waals surface area contributed by atoms with Crippen molar-refractivity contribution in [2.45, 2.75) is 38.3 Å². The molecule has 4 heterocycles. The van der Waals surface area contributed by atoms with Gasteiger partial charge in [-0.2, -0.15) is 4.98 Å². The Morgan fingerprint density at radius 3 is 2.70 bits per heavy atom. The maximum Gasteiger partial charge on any atom is 0.336 e. The summed E-state index contributed by atoms with van der Waals surface area (Å²) in [6.45, 7) is 7.72. The molecule has 1 unspecified atom stereocenters. The Labute approximate surface area is 203 Å². The second-order valence-electron chi connectivity index (χ2n) is 8.20. The van der Waals surface area contributed by atoms with Crippen LogP contribution in [-0.4, -0.2) is 69.6 Å². The van der Waals surface area contributed by atoms with E-state index in [-0.39, 0.29) is 48.5 Å². The minimum Gasteiger partial charge on any atom is -0.374 e. The van der Waals surface area contributed by atoms with Crippen LogP contribution in [0.15, 0.2) is 27.5 Å². The summed E-state index contributed by atoms with van der Waals surface area (Å²) >= 11 is 0. The molecule has 1 N–H and O–H groups in total. The van der Waals surface area contributed by atoms with Crippen molar-refractivity contribution in [1.82, 2.24) is 29.5 Å². The van der Waals surface area contributed by atoms with Crippen molar-refractivity contribution in [3.63, 3.8) is 0 Å². The molecule has 0 bridgehead atoms. The molecule has 33 heavy (non-hydrogen) atoms. The third-order valence-corrected chi connectivity index (χ3v) is 6.24. The lowest BCUT2D eigenvalue weighted by atomic mass is 9.96. The molecule has 0 saturated carbocycles. The number of ether oxygens (including phenoxy) is 1. The van der Waals surface area contributed by atoms with Crippen molar-refractivity contribution in [3.8, 4) is 5.95 Å². The number of halogens is 3. The van der Waals surface area contributed by atoms with E-state index in [0.717, 1.165) is 52.2 Å². The Hall–Kier alpha value is -1.98. The van der Waals surface area contributed by atoms with Crippen LogP contribution in [0.4, 0.5) is 4.39 Å². The Morgan fingerprint density at radius 1 is 1.21 bits per heavy atom. The Morgan fingerprint density at radius 2 is 2.00 bits per heavy atom. The molecule has 5 rings (SSSR count). The first-order chi connectivity index (χ1) is 15.1. The fourth-order valence-corrected chi connectivity index (χ4v) is 4.60. The van der Waals surface area contributed by atoms with Crippen LogP contribution in [0.5, 0.6) is 0 Å². The van der Waals surface area contributed by atoms with E-state index in [1.807, 2.05) is 6.92 Å². The number of benzene rings is 1. The molecule has 2 aliphatic heterocycles. The molecule has 0 amide bonds. The molecule has 0 radical (unpaired) electrons. The summed E-state index contributed by atoms with van der Waals surface area (Å²) in [6.07, 6.45) is 2.05. The van der Waals surface area contributed by atoms with E-state index in [1.54, 1.807) is 10.6 Å². The third-order valence-electron chi connectivity index (χ3n) is 6.24. The number of piperidine rings is 1. The number of fused-ring (bicyclic) bond motifs is 1. The number of likely N-dealkylation sites (tertiary alicyclic amines) is 1. The number of aromatic nitrogens is 4. The average Bonchev–Trinajstić information content (AvgIpc) is 3.36. The SMILES string of the molecule is CCn1c(=O)n(-c2noc(C3CCN(CC4CNCCO4)CC3)n2)c2cc(F)ccc21.Cl.Cl. The van der Waals surface area contributed by atoms with Gasteiger partial charge in [-0.25, -0.2) is 13.8 Å². The van der Waals surface area contributed by atoms with Crippen molar-refractivity contribution in [2.24, 2.45) is 0 Å². The van der Waals surface area contributed by atoms with E-state index in [1.165, 1.54) is 16.7 Å². The van der Waals surface area contributed by atoms with E-state index in [0.29, 0.717) is 23.5 Å². The lowest BCUT2D eigenvalue weighted by molar-refractivity contribution is 0.000743. The summed E-state index contributed by atoms with van der Waals surface area (Å²) in [5, 5.41) is 7.43. The van der Waals surface area contributed by atoms with Gasteiger partial charge in [0.25, 0.3) is 5.95 Å². The summed E-state index contributed by atoms with van der Waals surface area (Å²) in [7, 11) is 0. The van der Waals surface area contributed by atoms with Crippen LogP contribution in [-0.2, 0) is 11.3 Å². The zero-order chi connectivity index (χ0) is 21.4. The Bertz CT molecular complexity index is 1120. The van der Waals surface area contributed by atoms with E-state index in [9.17, 15) is 9.18 Å². The summed E-state index contributed by atoms with van der Waals surface area (Å²) < 4.78 is 28.1. The molecule has 1 atom stereocenters. The molecule has 2 fully saturated rings. The summed E-state index contributed by atoms with van der Waals surface area (Å²) in [5.41, 5.74) is 0.787.